The largest absolute Gasteiger partial charge is 0.273 e. The molecular weight excluding hydrogens is 316 g/mol. The second-order valence-electron chi connectivity index (χ2n) is 3.52. The summed E-state index contributed by atoms with van der Waals surface area (Å²) in [7, 11) is 0. The Balaban J connectivity index is 2.05. The van der Waals surface area contributed by atoms with Crippen molar-refractivity contribution < 1.29 is 4.79 Å². The molecule has 0 radical (unpaired) electrons. The van der Waals surface area contributed by atoms with E-state index in [1.165, 1.54) is 17.3 Å². The van der Waals surface area contributed by atoms with Gasteiger partial charge in [0.15, 0.2) is 0 Å². The predicted molar refractivity (Wildman–Crippen MR) is 57.7 cm³/mol. The number of aromatic nitrogens is 3. The van der Waals surface area contributed by atoms with Crippen LogP contribution in [0.25, 0.3) is 0 Å². The van der Waals surface area contributed by atoms with Crippen molar-refractivity contribution >= 4 is 37.8 Å². The summed E-state index contributed by atoms with van der Waals surface area (Å²) < 4.78 is 1.16. The van der Waals surface area contributed by atoms with E-state index in [1.54, 1.807) is 0 Å². The molecule has 1 amide bonds. The first-order valence-electron chi connectivity index (χ1n) is 4.00. The molecule has 1 fully saturated rings. The van der Waals surface area contributed by atoms with Gasteiger partial charge in [0.25, 0.3) is 0 Å². The van der Waals surface area contributed by atoms with Gasteiger partial charge in [-0.25, -0.2) is 4.68 Å². The number of hydrogen-bond acceptors (Lipinski definition) is 3. The highest BCUT2D eigenvalue weighted by molar-refractivity contribution is 9.25. The first-order chi connectivity index (χ1) is 6.46. The zero-order valence-corrected chi connectivity index (χ0v) is 10.5. The molecule has 0 bridgehead atoms. The minimum atomic E-state index is -0.419. The van der Waals surface area contributed by atoms with Crippen LogP contribution >= 0.6 is 31.9 Å². The number of rotatable bonds is 2. The molecule has 0 saturated heterocycles. The van der Waals surface area contributed by atoms with Crippen LogP contribution in [-0.2, 0) is 4.79 Å². The minimum absolute atomic E-state index is 0.0638. The van der Waals surface area contributed by atoms with Crippen LogP contribution in [0.5, 0.6) is 0 Å². The molecule has 0 aromatic carbocycles. The van der Waals surface area contributed by atoms with Crippen molar-refractivity contribution in [1.29, 1.82) is 0 Å². The first-order valence-corrected chi connectivity index (χ1v) is 5.58. The number of carbonyl (C=O) groups excluding carboxylic acids is 1. The maximum absolute atomic E-state index is 11.8. The molecule has 1 heterocycles. The molecule has 5 nitrogen and oxygen atoms in total. The fourth-order valence-electron chi connectivity index (χ4n) is 1.15. The molecule has 1 saturated carbocycles. The van der Waals surface area contributed by atoms with E-state index >= 15 is 0 Å². The summed E-state index contributed by atoms with van der Waals surface area (Å²) >= 11 is 6.86. The number of hydrogen-bond donors (Lipinski definition) is 1. The van der Waals surface area contributed by atoms with Crippen LogP contribution < -0.4 is 5.43 Å². The van der Waals surface area contributed by atoms with Crippen molar-refractivity contribution in [2.45, 2.75) is 16.6 Å². The predicted octanol–water partition coefficient (Wildman–Crippen LogP) is 1.24. The van der Waals surface area contributed by atoms with Crippen molar-refractivity contribution in [3.8, 4) is 0 Å². The van der Waals surface area contributed by atoms with Gasteiger partial charge in [-0.05, 0) is 13.3 Å². The van der Waals surface area contributed by atoms with Crippen LogP contribution in [0.3, 0.4) is 0 Å². The molecule has 1 atom stereocenters. The lowest BCUT2D eigenvalue weighted by molar-refractivity contribution is -0.121. The maximum Gasteiger partial charge on any atom is 0.247 e. The van der Waals surface area contributed by atoms with Crippen LogP contribution in [0.1, 0.15) is 13.3 Å². The third kappa shape index (κ3) is 1.48. The Hall–Kier alpha value is -0.430. The van der Waals surface area contributed by atoms with Crippen molar-refractivity contribution in [1.82, 2.24) is 14.9 Å². The highest BCUT2D eigenvalue weighted by Crippen LogP contribution is 2.66. The van der Waals surface area contributed by atoms with Crippen molar-refractivity contribution in [2.24, 2.45) is 5.41 Å². The van der Waals surface area contributed by atoms with Crippen LogP contribution in [0.2, 0.25) is 0 Å². The average Bonchev–Trinajstić information content (AvgIpc) is 2.54. The van der Waals surface area contributed by atoms with Crippen LogP contribution in [0.15, 0.2) is 12.7 Å². The van der Waals surface area contributed by atoms with E-state index in [0.29, 0.717) is 0 Å². The molecule has 14 heavy (non-hydrogen) atoms. The highest BCUT2D eigenvalue weighted by Gasteiger charge is 2.66. The molecule has 0 spiro atoms. The number of nitrogens with one attached hydrogen (secondary N) is 1. The van der Waals surface area contributed by atoms with Crippen molar-refractivity contribution in [3.05, 3.63) is 12.7 Å². The zero-order valence-electron chi connectivity index (χ0n) is 7.37. The van der Waals surface area contributed by atoms with Crippen LogP contribution in [0.4, 0.5) is 0 Å². The smallest absolute Gasteiger partial charge is 0.247 e. The molecule has 1 aliphatic carbocycles. The Morgan fingerprint density at radius 2 is 2.00 bits per heavy atom. The van der Waals surface area contributed by atoms with Crippen LogP contribution in [-0.4, -0.2) is 24.0 Å². The van der Waals surface area contributed by atoms with E-state index in [-0.39, 0.29) is 9.14 Å². The molecule has 1 aromatic rings. The van der Waals surface area contributed by atoms with Gasteiger partial charge in [-0.2, -0.15) is 0 Å². The lowest BCUT2D eigenvalue weighted by atomic mass is 10.1. The summed E-state index contributed by atoms with van der Waals surface area (Å²) in [6.07, 6.45) is 3.63. The summed E-state index contributed by atoms with van der Waals surface area (Å²) in [6, 6.07) is 0. The van der Waals surface area contributed by atoms with E-state index < -0.39 is 5.41 Å². The summed E-state index contributed by atoms with van der Waals surface area (Å²) in [5.74, 6) is -0.0638. The van der Waals surface area contributed by atoms with E-state index in [9.17, 15) is 4.79 Å². The zero-order chi connectivity index (χ0) is 10.4. The fourth-order valence-corrected chi connectivity index (χ4v) is 2.63. The lowest BCUT2D eigenvalue weighted by Crippen LogP contribution is -2.31. The van der Waals surface area contributed by atoms with Gasteiger partial charge >= 0.3 is 0 Å². The number of halogens is 2. The first kappa shape index (κ1) is 10.1. The van der Waals surface area contributed by atoms with E-state index in [4.69, 9.17) is 0 Å². The Bertz CT molecular complexity index is 364. The Labute approximate surface area is 97.5 Å². The Morgan fingerprint density at radius 3 is 2.43 bits per heavy atom. The summed E-state index contributed by atoms with van der Waals surface area (Å²) in [5.41, 5.74) is 2.25. The lowest BCUT2D eigenvalue weighted by Gasteiger charge is -2.12. The fraction of sp³-hybridized carbons (Fsp3) is 0.571. The van der Waals surface area contributed by atoms with Gasteiger partial charge in [0, 0.05) is 0 Å². The molecule has 76 valence electrons. The van der Waals surface area contributed by atoms with Gasteiger partial charge < -0.3 is 0 Å². The van der Waals surface area contributed by atoms with Gasteiger partial charge in [-0.3, -0.25) is 10.2 Å². The minimum Gasteiger partial charge on any atom is -0.273 e. The molecule has 1 unspecified atom stereocenters. The van der Waals surface area contributed by atoms with Gasteiger partial charge in [-0.1, -0.05) is 31.9 Å². The molecule has 1 aliphatic rings. The van der Waals surface area contributed by atoms with E-state index in [0.717, 1.165) is 6.42 Å². The number of carbonyl (C=O) groups is 1. The standard InChI is InChI=1S/C7H8Br2N4O/c1-6(2-7(6,8)9)5(14)12-13-3-10-11-4-13/h3-4H,2H2,1H3,(H,12,14). The Morgan fingerprint density at radius 1 is 1.50 bits per heavy atom. The SMILES string of the molecule is CC1(C(=O)Nn2cnnc2)CC1(Br)Br. The van der Waals surface area contributed by atoms with E-state index in [2.05, 4.69) is 47.5 Å². The molecule has 0 aliphatic heterocycles. The topological polar surface area (TPSA) is 59.8 Å². The normalized spacial score (nSPS) is 28.5. The highest BCUT2D eigenvalue weighted by atomic mass is 79.9. The van der Waals surface area contributed by atoms with Gasteiger partial charge in [0.05, 0.1) is 8.65 Å². The molecule has 1 N–H and O–H groups in total. The van der Waals surface area contributed by atoms with Crippen molar-refractivity contribution in [3.63, 3.8) is 0 Å². The number of amides is 1. The average molecular weight is 324 g/mol. The van der Waals surface area contributed by atoms with Gasteiger partial charge in [0.2, 0.25) is 5.91 Å². The van der Waals surface area contributed by atoms with Gasteiger partial charge in [-0.15, -0.1) is 10.2 Å². The summed E-state index contributed by atoms with van der Waals surface area (Å²) in [4.78, 5) is 11.8. The Kier molecular flexibility index (Phi) is 2.19. The third-order valence-electron chi connectivity index (χ3n) is 2.41. The summed E-state index contributed by atoms with van der Waals surface area (Å²) in [5, 5.41) is 7.18. The number of nitrogens with zero attached hydrogens (tertiary/aromatic N) is 3. The second kappa shape index (κ2) is 3.03. The van der Waals surface area contributed by atoms with Crippen LogP contribution in [0, 0.1) is 5.41 Å². The monoisotopic (exact) mass is 322 g/mol. The molecule has 7 heteroatoms. The number of alkyl halides is 2. The summed E-state index contributed by atoms with van der Waals surface area (Å²) in [6.45, 7) is 1.89. The molecule has 2 rings (SSSR count). The second-order valence-corrected chi connectivity index (χ2v) is 7.30. The quantitative estimate of drug-likeness (QED) is 0.833. The van der Waals surface area contributed by atoms with E-state index in [1.807, 2.05) is 6.92 Å². The molecular formula is C7H8Br2N4O. The van der Waals surface area contributed by atoms with Gasteiger partial charge in [0.1, 0.15) is 12.7 Å². The third-order valence-corrected chi connectivity index (χ3v) is 4.72. The molecule has 1 aromatic heterocycles. The van der Waals surface area contributed by atoms with Crippen molar-refractivity contribution in [2.75, 3.05) is 5.43 Å². The maximum atomic E-state index is 11.8.